The fourth-order valence-electron chi connectivity index (χ4n) is 7.73. The minimum Gasteiger partial charge on any atom is -0.310 e. The Morgan fingerprint density at radius 2 is 0.981 bits per heavy atom. The van der Waals surface area contributed by atoms with Gasteiger partial charge in [0.25, 0.3) is 0 Å². The van der Waals surface area contributed by atoms with Crippen LogP contribution in [0.1, 0.15) is 11.1 Å². The molecule has 0 N–H and O–H groups in total. The van der Waals surface area contributed by atoms with E-state index in [1.165, 1.54) is 72.0 Å². The lowest BCUT2D eigenvalue weighted by molar-refractivity contribution is 1.15. The van der Waals surface area contributed by atoms with Crippen molar-refractivity contribution >= 4 is 38.9 Å². The standard InChI is InChI=1S/C50H38N2/c1-35-15-13-21-40(33-35)44-24-14-16-36(2)50(44)52-48-26-12-10-23-45(48)46-32-31-42(34-49(46)52)51(41-29-27-38(28-30-41)37-17-5-3-6-18-37)47-25-11-9-22-43(47)39-19-7-4-8-20-39/h3-34H,1-2H3. The maximum absolute atomic E-state index is 2.49. The highest BCUT2D eigenvalue weighted by Crippen LogP contribution is 2.44. The zero-order chi connectivity index (χ0) is 35.0. The molecule has 1 aromatic heterocycles. The van der Waals surface area contributed by atoms with E-state index in [-0.39, 0.29) is 0 Å². The maximum atomic E-state index is 2.49. The van der Waals surface area contributed by atoms with Crippen molar-refractivity contribution < 1.29 is 0 Å². The molecule has 0 saturated carbocycles. The van der Waals surface area contributed by atoms with E-state index in [9.17, 15) is 0 Å². The fraction of sp³-hybridized carbons (Fsp3) is 0.0400. The zero-order valence-corrected chi connectivity index (χ0v) is 29.4. The quantitative estimate of drug-likeness (QED) is 0.164. The Morgan fingerprint density at radius 1 is 0.385 bits per heavy atom. The molecule has 2 nitrogen and oxygen atoms in total. The first-order chi connectivity index (χ1) is 25.6. The van der Waals surface area contributed by atoms with Gasteiger partial charge >= 0.3 is 0 Å². The Balaban J connectivity index is 1.31. The van der Waals surface area contributed by atoms with Gasteiger partial charge in [-0.2, -0.15) is 0 Å². The summed E-state index contributed by atoms with van der Waals surface area (Å²) < 4.78 is 2.49. The number of rotatable bonds is 7. The number of benzene rings is 8. The second kappa shape index (κ2) is 13.2. The molecule has 0 aliphatic rings. The lowest BCUT2D eigenvalue weighted by Crippen LogP contribution is -2.11. The van der Waals surface area contributed by atoms with Crippen LogP contribution >= 0.6 is 0 Å². The van der Waals surface area contributed by atoms with Crippen LogP contribution in [0, 0.1) is 13.8 Å². The summed E-state index contributed by atoms with van der Waals surface area (Å²) in [5.74, 6) is 0. The first-order valence-electron chi connectivity index (χ1n) is 17.9. The number of anilines is 3. The molecule has 9 rings (SSSR count). The molecular formula is C50H38N2. The van der Waals surface area contributed by atoms with E-state index < -0.39 is 0 Å². The highest BCUT2D eigenvalue weighted by molar-refractivity contribution is 6.11. The summed E-state index contributed by atoms with van der Waals surface area (Å²) in [4.78, 5) is 2.41. The molecule has 8 aromatic carbocycles. The van der Waals surface area contributed by atoms with Crippen LogP contribution in [0.4, 0.5) is 17.1 Å². The lowest BCUT2D eigenvalue weighted by atomic mass is 9.98. The van der Waals surface area contributed by atoms with Gasteiger partial charge in [-0.3, -0.25) is 0 Å². The summed E-state index contributed by atoms with van der Waals surface area (Å²) in [6.45, 7) is 4.40. The van der Waals surface area contributed by atoms with Gasteiger partial charge in [0, 0.05) is 33.3 Å². The van der Waals surface area contributed by atoms with Gasteiger partial charge < -0.3 is 9.47 Å². The van der Waals surface area contributed by atoms with Crippen LogP contribution in [-0.4, -0.2) is 4.57 Å². The van der Waals surface area contributed by atoms with Crippen LogP contribution in [0.5, 0.6) is 0 Å². The summed E-state index contributed by atoms with van der Waals surface area (Å²) in [6, 6.07) is 70.3. The van der Waals surface area contributed by atoms with Crippen molar-refractivity contribution in [1.82, 2.24) is 4.57 Å². The molecule has 0 fully saturated rings. The van der Waals surface area contributed by atoms with Crippen molar-refractivity contribution in [1.29, 1.82) is 0 Å². The first kappa shape index (κ1) is 31.3. The van der Waals surface area contributed by atoms with E-state index >= 15 is 0 Å². The zero-order valence-electron chi connectivity index (χ0n) is 29.4. The maximum Gasteiger partial charge on any atom is 0.0569 e. The van der Waals surface area contributed by atoms with Crippen molar-refractivity contribution in [2.75, 3.05) is 4.90 Å². The van der Waals surface area contributed by atoms with Crippen LogP contribution in [-0.2, 0) is 0 Å². The third kappa shape index (κ3) is 5.55. The molecule has 0 saturated heterocycles. The van der Waals surface area contributed by atoms with Gasteiger partial charge in [0.15, 0.2) is 0 Å². The van der Waals surface area contributed by atoms with Crippen LogP contribution in [0.3, 0.4) is 0 Å². The third-order valence-electron chi connectivity index (χ3n) is 10.2. The smallest absolute Gasteiger partial charge is 0.0569 e. The number of hydrogen-bond acceptors (Lipinski definition) is 1. The second-order valence-corrected chi connectivity index (χ2v) is 13.5. The van der Waals surface area contributed by atoms with E-state index in [0.29, 0.717) is 0 Å². The molecule has 2 heteroatoms. The van der Waals surface area contributed by atoms with Gasteiger partial charge in [0.05, 0.1) is 22.4 Å². The topological polar surface area (TPSA) is 8.17 Å². The highest BCUT2D eigenvalue weighted by atomic mass is 15.1. The molecule has 248 valence electrons. The Kier molecular flexibility index (Phi) is 7.98. The average Bonchev–Trinajstić information content (AvgIpc) is 3.52. The van der Waals surface area contributed by atoms with Crippen molar-refractivity contribution in [3.05, 3.63) is 205 Å². The number of hydrogen-bond donors (Lipinski definition) is 0. The molecule has 9 aromatic rings. The Morgan fingerprint density at radius 3 is 1.77 bits per heavy atom. The molecule has 0 unspecified atom stereocenters. The van der Waals surface area contributed by atoms with E-state index in [1.54, 1.807) is 0 Å². The average molecular weight is 667 g/mol. The van der Waals surface area contributed by atoms with E-state index in [2.05, 4.69) is 217 Å². The number of aryl methyl sites for hydroxylation is 2. The molecule has 0 atom stereocenters. The first-order valence-corrected chi connectivity index (χ1v) is 17.9. The molecular weight excluding hydrogens is 629 g/mol. The van der Waals surface area contributed by atoms with Crippen LogP contribution in [0.2, 0.25) is 0 Å². The molecule has 0 amide bonds. The monoisotopic (exact) mass is 666 g/mol. The van der Waals surface area contributed by atoms with Crippen LogP contribution < -0.4 is 4.90 Å². The Bertz CT molecular complexity index is 2690. The normalized spacial score (nSPS) is 11.3. The van der Waals surface area contributed by atoms with Crippen molar-refractivity contribution in [3.8, 4) is 39.1 Å². The van der Waals surface area contributed by atoms with Gasteiger partial charge in [-0.05, 0) is 78.1 Å². The molecule has 0 aliphatic carbocycles. The SMILES string of the molecule is Cc1cccc(-c2cccc(C)c2-n2c3ccccc3c3ccc(N(c4ccc(-c5ccccc5)cc4)c4ccccc4-c4ccccc4)cc32)c1. The summed E-state index contributed by atoms with van der Waals surface area (Å²) in [7, 11) is 0. The molecule has 0 radical (unpaired) electrons. The summed E-state index contributed by atoms with van der Waals surface area (Å²) >= 11 is 0. The van der Waals surface area contributed by atoms with E-state index in [4.69, 9.17) is 0 Å². The Labute approximate surface area is 305 Å². The Hall–Kier alpha value is -6.64. The second-order valence-electron chi connectivity index (χ2n) is 13.5. The summed E-state index contributed by atoms with van der Waals surface area (Å²) in [6.07, 6.45) is 0. The minimum atomic E-state index is 1.10. The van der Waals surface area contributed by atoms with Crippen molar-refractivity contribution in [3.63, 3.8) is 0 Å². The predicted octanol–water partition coefficient (Wildman–Crippen LogP) is 13.9. The minimum absolute atomic E-state index is 1.10. The van der Waals surface area contributed by atoms with Gasteiger partial charge in [-0.25, -0.2) is 0 Å². The van der Waals surface area contributed by atoms with Gasteiger partial charge in [0.2, 0.25) is 0 Å². The van der Waals surface area contributed by atoms with Crippen LogP contribution in [0.25, 0.3) is 60.9 Å². The van der Waals surface area contributed by atoms with E-state index in [0.717, 1.165) is 17.1 Å². The van der Waals surface area contributed by atoms with Crippen molar-refractivity contribution in [2.24, 2.45) is 0 Å². The van der Waals surface area contributed by atoms with Gasteiger partial charge in [0.1, 0.15) is 0 Å². The molecule has 1 heterocycles. The summed E-state index contributed by atoms with van der Waals surface area (Å²) in [5, 5.41) is 2.47. The molecule has 52 heavy (non-hydrogen) atoms. The highest BCUT2D eigenvalue weighted by Gasteiger charge is 2.22. The summed E-state index contributed by atoms with van der Waals surface area (Å²) in [5.41, 5.74) is 16.6. The fourth-order valence-corrected chi connectivity index (χ4v) is 7.73. The lowest BCUT2D eigenvalue weighted by Gasteiger charge is -2.28. The largest absolute Gasteiger partial charge is 0.310 e. The van der Waals surface area contributed by atoms with E-state index in [1.807, 2.05) is 0 Å². The number of para-hydroxylation sites is 3. The predicted molar refractivity (Wildman–Crippen MR) is 221 cm³/mol. The number of fused-ring (bicyclic) bond motifs is 3. The van der Waals surface area contributed by atoms with Crippen LogP contribution in [0.15, 0.2) is 194 Å². The van der Waals surface area contributed by atoms with Crippen molar-refractivity contribution in [2.45, 2.75) is 13.8 Å². The third-order valence-corrected chi connectivity index (χ3v) is 10.2. The number of nitrogens with zero attached hydrogens (tertiary/aromatic N) is 2. The van der Waals surface area contributed by atoms with Gasteiger partial charge in [-0.1, -0.05) is 163 Å². The number of aromatic nitrogens is 1. The molecule has 0 bridgehead atoms. The van der Waals surface area contributed by atoms with Gasteiger partial charge in [-0.15, -0.1) is 0 Å². The molecule has 0 aliphatic heterocycles. The molecule has 0 spiro atoms.